The molecule has 0 aromatic heterocycles. The third kappa shape index (κ3) is 7.92. The van der Waals surface area contributed by atoms with Crippen LogP contribution in [0.1, 0.15) is 6.92 Å². The minimum atomic E-state index is 0.710. The van der Waals surface area contributed by atoms with Crippen molar-refractivity contribution in [1.29, 1.82) is 0 Å². The molecule has 0 aliphatic carbocycles. The van der Waals surface area contributed by atoms with Gasteiger partial charge in [0, 0.05) is 51.0 Å². The molecule has 0 amide bonds. The van der Waals surface area contributed by atoms with Gasteiger partial charge < -0.3 is 35.2 Å². The molecule has 3 N–H and O–H groups in total. The maximum absolute atomic E-state index is 5.83. The molecular formula is C20H37N5O2. The lowest BCUT2D eigenvalue weighted by molar-refractivity contribution is 0.104. The van der Waals surface area contributed by atoms with Gasteiger partial charge in [-0.15, -0.1) is 0 Å². The van der Waals surface area contributed by atoms with Crippen molar-refractivity contribution in [1.82, 2.24) is 15.1 Å². The molecule has 1 aromatic rings. The third-order valence-corrected chi connectivity index (χ3v) is 4.79. The molecule has 0 bridgehead atoms. The molecule has 27 heavy (non-hydrogen) atoms. The summed E-state index contributed by atoms with van der Waals surface area (Å²) in [7, 11) is 4.22. The fourth-order valence-electron chi connectivity index (χ4n) is 3.07. The fourth-order valence-corrected chi connectivity index (χ4v) is 3.07. The van der Waals surface area contributed by atoms with Crippen LogP contribution in [-0.4, -0.2) is 96.1 Å². The van der Waals surface area contributed by atoms with Crippen LogP contribution >= 0.6 is 0 Å². The van der Waals surface area contributed by atoms with Gasteiger partial charge in [-0.1, -0.05) is 6.92 Å². The Morgan fingerprint density at radius 3 is 2.81 bits per heavy atom. The van der Waals surface area contributed by atoms with Crippen molar-refractivity contribution in [2.75, 3.05) is 96.9 Å². The van der Waals surface area contributed by atoms with Crippen LogP contribution in [0.5, 0.6) is 5.75 Å². The number of rotatable bonds is 13. The number of nitrogens with two attached hydrogens (primary N) is 1. The topological polar surface area (TPSA) is 66.2 Å². The lowest BCUT2D eigenvalue weighted by Gasteiger charge is -2.31. The van der Waals surface area contributed by atoms with E-state index < -0.39 is 0 Å². The van der Waals surface area contributed by atoms with Crippen molar-refractivity contribution in [3.05, 3.63) is 18.2 Å². The van der Waals surface area contributed by atoms with Crippen molar-refractivity contribution in [2.24, 2.45) is 0 Å². The number of likely N-dealkylation sites (N-methyl/N-ethyl adjacent to an activating group) is 2. The molecule has 0 spiro atoms. The van der Waals surface area contributed by atoms with Gasteiger partial charge in [0.05, 0.1) is 25.4 Å². The van der Waals surface area contributed by atoms with Crippen LogP contribution in [0, 0.1) is 0 Å². The highest BCUT2D eigenvalue weighted by Crippen LogP contribution is 2.32. The molecule has 0 unspecified atom stereocenters. The number of anilines is 2. The number of benzene rings is 1. The standard InChI is InChI=1S/C20H37N5O2/c1-4-24(11-10-23(2)3)12-15-26-14-8-22-7-9-25-13-16-27-20-17-18(21)5-6-19(20)25/h5-6,17,22H,4,7-16,21H2,1-3H3. The molecule has 0 radical (unpaired) electrons. The van der Waals surface area contributed by atoms with E-state index in [4.69, 9.17) is 15.2 Å². The predicted molar refractivity (Wildman–Crippen MR) is 113 cm³/mol. The van der Waals surface area contributed by atoms with Crippen LogP contribution in [0.2, 0.25) is 0 Å². The van der Waals surface area contributed by atoms with Gasteiger partial charge in [0.15, 0.2) is 0 Å². The van der Waals surface area contributed by atoms with Crippen LogP contribution in [0.4, 0.5) is 11.4 Å². The van der Waals surface area contributed by atoms with E-state index in [1.54, 1.807) is 0 Å². The van der Waals surface area contributed by atoms with Crippen molar-refractivity contribution < 1.29 is 9.47 Å². The number of nitrogen functional groups attached to an aromatic ring is 1. The normalized spacial score (nSPS) is 13.9. The molecule has 0 atom stereocenters. The molecule has 7 nitrogen and oxygen atoms in total. The van der Waals surface area contributed by atoms with Gasteiger partial charge >= 0.3 is 0 Å². The highest BCUT2D eigenvalue weighted by molar-refractivity contribution is 5.65. The Morgan fingerprint density at radius 1 is 1.19 bits per heavy atom. The van der Waals surface area contributed by atoms with Crippen LogP contribution in [0.3, 0.4) is 0 Å². The van der Waals surface area contributed by atoms with E-state index in [-0.39, 0.29) is 0 Å². The van der Waals surface area contributed by atoms with E-state index in [1.807, 2.05) is 18.2 Å². The maximum Gasteiger partial charge on any atom is 0.144 e. The number of nitrogens with zero attached hydrogens (tertiary/aromatic N) is 3. The van der Waals surface area contributed by atoms with E-state index in [0.29, 0.717) is 6.61 Å². The average Bonchev–Trinajstić information content (AvgIpc) is 2.65. The first-order valence-electron chi connectivity index (χ1n) is 10.0. The van der Waals surface area contributed by atoms with Gasteiger partial charge in [-0.2, -0.15) is 0 Å². The zero-order valence-electron chi connectivity index (χ0n) is 17.2. The quantitative estimate of drug-likeness (QED) is 0.391. The van der Waals surface area contributed by atoms with Crippen LogP contribution < -0.4 is 20.7 Å². The molecule has 2 rings (SSSR count). The first kappa shape index (κ1) is 21.8. The number of ether oxygens (including phenoxy) is 2. The van der Waals surface area contributed by atoms with E-state index in [2.05, 4.69) is 41.0 Å². The third-order valence-electron chi connectivity index (χ3n) is 4.79. The second-order valence-electron chi connectivity index (χ2n) is 7.16. The molecular weight excluding hydrogens is 342 g/mol. The van der Waals surface area contributed by atoms with Crippen LogP contribution in [0.15, 0.2) is 18.2 Å². The fraction of sp³-hybridized carbons (Fsp3) is 0.700. The highest BCUT2D eigenvalue weighted by Gasteiger charge is 2.17. The summed E-state index contributed by atoms with van der Waals surface area (Å²) in [6.07, 6.45) is 0. The largest absolute Gasteiger partial charge is 0.489 e. The zero-order valence-corrected chi connectivity index (χ0v) is 17.2. The Balaban J connectivity index is 1.53. The Kier molecular flexibility index (Phi) is 9.69. The number of hydrogen-bond donors (Lipinski definition) is 2. The predicted octanol–water partition coefficient (Wildman–Crippen LogP) is 0.957. The minimum absolute atomic E-state index is 0.710. The maximum atomic E-state index is 5.83. The van der Waals surface area contributed by atoms with Crippen LogP contribution in [-0.2, 0) is 4.74 Å². The molecule has 1 heterocycles. The molecule has 7 heteroatoms. The molecule has 154 valence electrons. The van der Waals surface area contributed by atoms with E-state index in [0.717, 1.165) is 82.7 Å². The lowest BCUT2D eigenvalue weighted by atomic mass is 10.2. The molecule has 1 aliphatic heterocycles. The van der Waals surface area contributed by atoms with Gasteiger partial charge in [-0.25, -0.2) is 0 Å². The van der Waals surface area contributed by atoms with Crippen molar-refractivity contribution in [3.63, 3.8) is 0 Å². The molecule has 0 saturated heterocycles. The molecule has 1 aromatic carbocycles. The van der Waals surface area contributed by atoms with Gasteiger partial charge in [0.2, 0.25) is 0 Å². The van der Waals surface area contributed by atoms with Crippen molar-refractivity contribution in [2.45, 2.75) is 6.92 Å². The number of hydrogen-bond acceptors (Lipinski definition) is 7. The minimum Gasteiger partial charge on any atom is -0.489 e. The highest BCUT2D eigenvalue weighted by atomic mass is 16.5. The molecule has 1 aliphatic rings. The molecule has 0 saturated carbocycles. The van der Waals surface area contributed by atoms with Gasteiger partial charge in [-0.05, 0) is 32.8 Å². The summed E-state index contributed by atoms with van der Waals surface area (Å²) < 4.78 is 11.5. The second kappa shape index (κ2) is 12.0. The average molecular weight is 380 g/mol. The summed E-state index contributed by atoms with van der Waals surface area (Å²) in [5.41, 5.74) is 7.71. The SMILES string of the molecule is CCN(CCOCCNCCN1CCOc2cc(N)ccc21)CCN(C)C. The summed E-state index contributed by atoms with van der Waals surface area (Å²) >= 11 is 0. The zero-order chi connectivity index (χ0) is 19.5. The van der Waals surface area contributed by atoms with Crippen molar-refractivity contribution >= 4 is 11.4 Å². The van der Waals surface area contributed by atoms with Crippen molar-refractivity contribution in [3.8, 4) is 5.75 Å². The number of nitrogens with one attached hydrogen (secondary N) is 1. The van der Waals surface area contributed by atoms with Gasteiger partial charge in [0.25, 0.3) is 0 Å². The Morgan fingerprint density at radius 2 is 2.04 bits per heavy atom. The van der Waals surface area contributed by atoms with E-state index >= 15 is 0 Å². The Hall–Kier alpha value is -1.54. The van der Waals surface area contributed by atoms with E-state index in [9.17, 15) is 0 Å². The Bertz CT molecular complexity index is 541. The smallest absolute Gasteiger partial charge is 0.144 e. The summed E-state index contributed by atoms with van der Waals surface area (Å²) in [4.78, 5) is 6.99. The number of fused-ring (bicyclic) bond motifs is 1. The Labute approximate surface area is 164 Å². The molecule has 0 fully saturated rings. The van der Waals surface area contributed by atoms with Crippen LogP contribution in [0.25, 0.3) is 0 Å². The second-order valence-corrected chi connectivity index (χ2v) is 7.16. The summed E-state index contributed by atoms with van der Waals surface area (Å²) in [5, 5.41) is 3.46. The monoisotopic (exact) mass is 379 g/mol. The first-order chi connectivity index (χ1) is 13.1. The van der Waals surface area contributed by atoms with Gasteiger partial charge in [-0.3, -0.25) is 0 Å². The lowest BCUT2D eigenvalue weighted by Crippen LogP contribution is -2.38. The summed E-state index contributed by atoms with van der Waals surface area (Å²) in [6, 6.07) is 5.88. The summed E-state index contributed by atoms with van der Waals surface area (Å²) in [5.74, 6) is 0.888. The van der Waals surface area contributed by atoms with E-state index in [1.165, 1.54) is 0 Å². The van der Waals surface area contributed by atoms with Gasteiger partial charge in [0.1, 0.15) is 12.4 Å². The first-order valence-corrected chi connectivity index (χ1v) is 10.0. The summed E-state index contributed by atoms with van der Waals surface area (Å²) in [6.45, 7) is 12.4.